The van der Waals surface area contributed by atoms with Crippen LogP contribution in [-0.2, 0) is 0 Å². The normalized spacial score (nSPS) is 25.0. The predicted octanol–water partition coefficient (Wildman–Crippen LogP) is 2.48. The summed E-state index contributed by atoms with van der Waals surface area (Å²) >= 11 is 0. The second-order valence-electron chi connectivity index (χ2n) is 5.40. The zero-order valence-electron chi connectivity index (χ0n) is 10.7. The fourth-order valence-electron chi connectivity index (χ4n) is 2.39. The first kappa shape index (κ1) is 13.0. The zero-order valence-corrected chi connectivity index (χ0v) is 10.7. The molecular formula is C13H28N2. The Balaban J connectivity index is 2.09. The van der Waals surface area contributed by atoms with Gasteiger partial charge in [-0.3, -0.25) is 0 Å². The van der Waals surface area contributed by atoms with Crippen molar-refractivity contribution < 1.29 is 0 Å². The molecule has 2 unspecified atom stereocenters. The minimum Gasteiger partial charge on any atom is -0.328 e. The molecule has 1 fully saturated rings. The lowest BCUT2D eigenvalue weighted by Crippen LogP contribution is -2.25. The largest absolute Gasteiger partial charge is 0.328 e. The Morgan fingerprint density at radius 2 is 2.13 bits per heavy atom. The van der Waals surface area contributed by atoms with E-state index in [4.69, 9.17) is 5.73 Å². The summed E-state index contributed by atoms with van der Waals surface area (Å²) in [6.45, 7) is 10.8. The third-order valence-corrected chi connectivity index (χ3v) is 3.83. The molecule has 0 aliphatic carbocycles. The first-order valence-corrected chi connectivity index (χ1v) is 6.61. The third-order valence-electron chi connectivity index (χ3n) is 3.83. The van der Waals surface area contributed by atoms with Crippen LogP contribution in [0.5, 0.6) is 0 Å². The number of rotatable bonds is 6. The fourth-order valence-corrected chi connectivity index (χ4v) is 2.39. The molecule has 0 saturated carbocycles. The molecule has 90 valence electrons. The molecule has 1 saturated heterocycles. The maximum atomic E-state index is 5.91. The van der Waals surface area contributed by atoms with Crippen LogP contribution in [-0.4, -0.2) is 30.6 Å². The quantitative estimate of drug-likeness (QED) is 0.733. The highest BCUT2D eigenvalue weighted by molar-refractivity contribution is 4.77. The highest BCUT2D eigenvalue weighted by atomic mass is 15.1. The number of likely N-dealkylation sites (tertiary alicyclic amines) is 1. The van der Waals surface area contributed by atoms with Crippen molar-refractivity contribution >= 4 is 0 Å². The summed E-state index contributed by atoms with van der Waals surface area (Å²) in [4.78, 5) is 2.62. The van der Waals surface area contributed by atoms with Gasteiger partial charge in [-0.25, -0.2) is 0 Å². The summed E-state index contributed by atoms with van der Waals surface area (Å²) in [5.74, 6) is 1.79. The Kier molecular flexibility index (Phi) is 5.62. The van der Waals surface area contributed by atoms with Crippen LogP contribution in [0.25, 0.3) is 0 Å². The van der Waals surface area contributed by atoms with E-state index in [1.165, 1.54) is 38.9 Å². The molecule has 0 bridgehead atoms. The van der Waals surface area contributed by atoms with Gasteiger partial charge in [0.15, 0.2) is 0 Å². The summed E-state index contributed by atoms with van der Waals surface area (Å²) < 4.78 is 0. The van der Waals surface area contributed by atoms with Gasteiger partial charge < -0.3 is 10.6 Å². The first-order chi connectivity index (χ1) is 7.13. The fraction of sp³-hybridized carbons (Fsp3) is 1.00. The number of hydrogen-bond acceptors (Lipinski definition) is 2. The molecule has 0 aromatic rings. The molecule has 0 amide bonds. The van der Waals surface area contributed by atoms with Crippen molar-refractivity contribution in [3.8, 4) is 0 Å². The minimum absolute atomic E-state index is 0.425. The van der Waals surface area contributed by atoms with E-state index in [-0.39, 0.29) is 0 Å². The summed E-state index contributed by atoms with van der Waals surface area (Å²) in [5.41, 5.74) is 5.91. The van der Waals surface area contributed by atoms with Gasteiger partial charge >= 0.3 is 0 Å². The molecular weight excluding hydrogens is 184 g/mol. The van der Waals surface area contributed by atoms with Gasteiger partial charge in [0.25, 0.3) is 0 Å². The molecule has 1 rings (SSSR count). The molecule has 0 radical (unpaired) electrons. The Morgan fingerprint density at radius 1 is 1.40 bits per heavy atom. The number of hydrogen-bond donors (Lipinski definition) is 1. The van der Waals surface area contributed by atoms with Crippen molar-refractivity contribution in [2.45, 2.75) is 52.5 Å². The average Bonchev–Trinajstić information content (AvgIpc) is 2.66. The van der Waals surface area contributed by atoms with E-state index in [1.54, 1.807) is 0 Å². The summed E-state index contributed by atoms with van der Waals surface area (Å²) in [6, 6.07) is 0.425. The smallest absolute Gasteiger partial charge is 0.00366 e. The molecule has 0 spiro atoms. The Bertz CT molecular complexity index is 168. The van der Waals surface area contributed by atoms with Crippen LogP contribution in [0.2, 0.25) is 0 Å². The maximum absolute atomic E-state index is 5.91. The van der Waals surface area contributed by atoms with Crippen LogP contribution in [0.3, 0.4) is 0 Å². The van der Waals surface area contributed by atoms with Crippen LogP contribution in [0.4, 0.5) is 0 Å². The van der Waals surface area contributed by atoms with E-state index in [2.05, 4.69) is 25.7 Å². The topological polar surface area (TPSA) is 29.3 Å². The molecule has 1 aliphatic heterocycles. The molecule has 1 aliphatic rings. The van der Waals surface area contributed by atoms with E-state index in [9.17, 15) is 0 Å². The molecule has 1 heterocycles. The number of nitrogens with zero attached hydrogens (tertiary/aromatic N) is 1. The van der Waals surface area contributed by atoms with Crippen molar-refractivity contribution in [1.82, 2.24) is 4.90 Å². The lowest BCUT2D eigenvalue weighted by molar-refractivity contribution is 0.294. The molecule has 2 heteroatoms. The summed E-state index contributed by atoms with van der Waals surface area (Å²) in [5, 5.41) is 0. The Hall–Kier alpha value is -0.0800. The van der Waals surface area contributed by atoms with Gasteiger partial charge in [0.05, 0.1) is 0 Å². The summed E-state index contributed by atoms with van der Waals surface area (Å²) in [7, 11) is 0. The zero-order chi connectivity index (χ0) is 11.3. The SMILES string of the molecule is CCC(N)CCCN1CCC(C(C)C)C1. The van der Waals surface area contributed by atoms with Crippen LogP contribution in [0, 0.1) is 11.8 Å². The van der Waals surface area contributed by atoms with E-state index < -0.39 is 0 Å². The second kappa shape index (κ2) is 6.49. The highest BCUT2D eigenvalue weighted by Gasteiger charge is 2.24. The monoisotopic (exact) mass is 212 g/mol. The van der Waals surface area contributed by atoms with Gasteiger partial charge in [-0.1, -0.05) is 20.8 Å². The first-order valence-electron chi connectivity index (χ1n) is 6.61. The lowest BCUT2D eigenvalue weighted by Gasteiger charge is -2.18. The maximum Gasteiger partial charge on any atom is 0.00366 e. The van der Waals surface area contributed by atoms with Crippen molar-refractivity contribution in [3.05, 3.63) is 0 Å². The number of nitrogens with two attached hydrogens (primary N) is 1. The van der Waals surface area contributed by atoms with Crippen molar-refractivity contribution in [3.63, 3.8) is 0 Å². The Labute approximate surface area is 95.2 Å². The molecule has 15 heavy (non-hydrogen) atoms. The molecule has 2 atom stereocenters. The van der Waals surface area contributed by atoms with Gasteiger partial charge in [0.1, 0.15) is 0 Å². The van der Waals surface area contributed by atoms with E-state index >= 15 is 0 Å². The third kappa shape index (κ3) is 4.52. The minimum atomic E-state index is 0.425. The van der Waals surface area contributed by atoms with Gasteiger partial charge in [0.2, 0.25) is 0 Å². The Morgan fingerprint density at radius 3 is 2.67 bits per heavy atom. The van der Waals surface area contributed by atoms with Crippen LogP contribution in [0.1, 0.15) is 46.5 Å². The van der Waals surface area contributed by atoms with Gasteiger partial charge in [-0.05, 0) is 50.6 Å². The van der Waals surface area contributed by atoms with Crippen LogP contribution < -0.4 is 5.73 Å². The van der Waals surface area contributed by atoms with E-state index in [1.807, 2.05) is 0 Å². The van der Waals surface area contributed by atoms with Crippen molar-refractivity contribution in [2.75, 3.05) is 19.6 Å². The molecule has 2 nitrogen and oxygen atoms in total. The van der Waals surface area contributed by atoms with Gasteiger partial charge in [0, 0.05) is 12.6 Å². The predicted molar refractivity (Wildman–Crippen MR) is 66.9 cm³/mol. The molecule has 0 aromatic heterocycles. The second-order valence-corrected chi connectivity index (χ2v) is 5.40. The molecule has 0 aromatic carbocycles. The standard InChI is InChI=1S/C13H28N2/c1-4-13(14)6-5-8-15-9-7-12(10-15)11(2)3/h11-13H,4-10,14H2,1-3H3. The van der Waals surface area contributed by atoms with Crippen LogP contribution in [0.15, 0.2) is 0 Å². The molecule has 2 N–H and O–H groups in total. The lowest BCUT2D eigenvalue weighted by atomic mass is 9.95. The van der Waals surface area contributed by atoms with Gasteiger partial charge in [-0.15, -0.1) is 0 Å². The van der Waals surface area contributed by atoms with E-state index in [0.29, 0.717) is 6.04 Å². The summed E-state index contributed by atoms with van der Waals surface area (Å²) in [6.07, 6.45) is 4.99. The van der Waals surface area contributed by atoms with E-state index in [0.717, 1.165) is 18.3 Å². The highest BCUT2D eigenvalue weighted by Crippen LogP contribution is 2.23. The average molecular weight is 212 g/mol. The van der Waals surface area contributed by atoms with Gasteiger partial charge in [-0.2, -0.15) is 0 Å². The van der Waals surface area contributed by atoms with Crippen molar-refractivity contribution in [2.24, 2.45) is 17.6 Å². The van der Waals surface area contributed by atoms with Crippen LogP contribution >= 0.6 is 0 Å². The van der Waals surface area contributed by atoms with Crippen molar-refractivity contribution in [1.29, 1.82) is 0 Å².